The highest BCUT2D eigenvalue weighted by Crippen LogP contribution is 2.24. The highest BCUT2D eigenvalue weighted by atomic mass is 16.5. The lowest BCUT2D eigenvalue weighted by atomic mass is 10.2. The number of nitrogens with zero attached hydrogens (tertiary/aromatic N) is 2. The number of hydrogen-bond donors (Lipinski definition) is 4. The van der Waals surface area contributed by atoms with Crippen molar-refractivity contribution >= 4 is 11.7 Å². The van der Waals surface area contributed by atoms with Crippen molar-refractivity contribution in [2.75, 3.05) is 0 Å². The summed E-state index contributed by atoms with van der Waals surface area (Å²) in [6.45, 7) is 0. The summed E-state index contributed by atoms with van der Waals surface area (Å²) in [7, 11) is 0. The van der Waals surface area contributed by atoms with Gasteiger partial charge in [0, 0.05) is 11.1 Å². The van der Waals surface area contributed by atoms with Gasteiger partial charge in [0.15, 0.2) is 0 Å². The van der Waals surface area contributed by atoms with Crippen LogP contribution in [0.25, 0.3) is 0 Å². The van der Waals surface area contributed by atoms with Crippen LogP contribution >= 0.6 is 0 Å². The average Bonchev–Trinajstić information content (AvgIpc) is 2.61. The van der Waals surface area contributed by atoms with Crippen molar-refractivity contribution in [2.24, 2.45) is 11.5 Å². The fraction of sp³-hybridized carbons (Fsp3) is 0. The van der Waals surface area contributed by atoms with Crippen LogP contribution in [0.5, 0.6) is 23.3 Å². The maximum Gasteiger partial charge on any atom is 0.290 e. The van der Waals surface area contributed by atoms with E-state index < -0.39 is 0 Å². The van der Waals surface area contributed by atoms with E-state index in [0.29, 0.717) is 27.4 Å². The second-order valence-corrected chi connectivity index (χ2v) is 5.49. The molecule has 9 nitrogen and oxygen atoms in total. The molecule has 1 aromatic heterocycles. The number of benzene rings is 2. The maximum absolute atomic E-state index is 11.9. The minimum Gasteiger partial charge on any atom is -0.618 e. The highest BCUT2D eigenvalue weighted by molar-refractivity contribution is 5.95. The number of rotatable bonds is 6. The van der Waals surface area contributed by atoms with E-state index in [1.165, 1.54) is 0 Å². The van der Waals surface area contributed by atoms with E-state index in [2.05, 4.69) is 4.98 Å². The average molecular weight is 364 g/mol. The van der Waals surface area contributed by atoms with Gasteiger partial charge in [-0.25, -0.2) is 0 Å². The van der Waals surface area contributed by atoms with Gasteiger partial charge in [-0.05, 0) is 24.3 Å². The van der Waals surface area contributed by atoms with Crippen LogP contribution in [0, 0.1) is 16.0 Å². The summed E-state index contributed by atoms with van der Waals surface area (Å²) in [6, 6.07) is 13.1. The van der Waals surface area contributed by atoms with Crippen molar-refractivity contribution in [1.29, 1.82) is 10.8 Å². The lowest BCUT2D eigenvalue weighted by Gasteiger charge is -2.09. The smallest absolute Gasteiger partial charge is 0.290 e. The van der Waals surface area contributed by atoms with E-state index >= 15 is 0 Å². The predicted octanol–water partition coefficient (Wildman–Crippen LogP) is 1.87. The number of nitrogen functional groups attached to an aromatic ring is 2. The van der Waals surface area contributed by atoms with Crippen molar-refractivity contribution in [3.05, 3.63) is 77.3 Å². The van der Waals surface area contributed by atoms with Gasteiger partial charge in [0.25, 0.3) is 11.8 Å². The van der Waals surface area contributed by atoms with E-state index in [0.717, 1.165) is 12.4 Å². The molecule has 0 saturated carbocycles. The normalized spacial score (nSPS) is 10.2. The summed E-state index contributed by atoms with van der Waals surface area (Å²) in [4.78, 5) is 4.14. The molecule has 0 aliphatic rings. The molecular weight excluding hydrogens is 348 g/mol. The van der Waals surface area contributed by atoms with Gasteiger partial charge in [-0.1, -0.05) is 24.3 Å². The minimum absolute atomic E-state index is 0.00549. The van der Waals surface area contributed by atoms with Gasteiger partial charge in [-0.2, -0.15) is 9.71 Å². The van der Waals surface area contributed by atoms with E-state index in [1.807, 2.05) is 0 Å². The van der Waals surface area contributed by atoms with Crippen molar-refractivity contribution in [3.8, 4) is 23.3 Å². The monoisotopic (exact) mass is 364 g/mol. The largest absolute Gasteiger partial charge is 0.618 e. The van der Waals surface area contributed by atoms with Crippen LogP contribution in [0.3, 0.4) is 0 Å². The lowest BCUT2D eigenvalue weighted by molar-refractivity contribution is -0.606. The highest BCUT2D eigenvalue weighted by Gasteiger charge is 2.11. The van der Waals surface area contributed by atoms with Crippen LogP contribution in [-0.4, -0.2) is 16.7 Å². The molecule has 0 amide bonds. The molecule has 3 aromatic rings. The van der Waals surface area contributed by atoms with Crippen molar-refractivity contribution in [1.82, 2.24) is 4.98 Å². The SMILES string of the molecule is N=C(N)c1cccc(Oc2c[n+]([O-])cc(Oc3cccc(C(=N)N)c3)n2)c1. The van der Waals surface area contributed by atoms with Gasteiger partial charge >= 0.3 is 0 Å². The molecule has 0 atom stereocenters. The summed E-state index contributed by atoms with van der Waals surface area (Å²) in [5.41, 5.74) is 11.9. The van der Waals surface area contributed by atoms with Crippen molar-refractivity contribution in [2.45, 2.75) is 0 Å². The van der Waals surface area contributed by atoms with E-state index in [-0.39, 0.29) is 23.4 Å². The van der Waals surface area contributed by atoms with Crippen molar-refractivity contribution in [3.63, 3.8) is 0 Å². The number of nitrogens with one attached hydrogen (secondary N) is 2. The van der Waals surface area contributed by atoms with Gasteiger partial charge in [0.2, 0.25) is 12.4 Å². The maximum atomic E-state index is 11.9. The van der Waals surface area contributed by atoms with Crippen LogP contribution in [0.4, 0.5) is 0 Å². The van der Waals surface area contributed by atoms with Gasteiger partial charge in [0.05, 0.1) is 0 Å². The Morgan fingerprint density at radius 2 is 1.30 bits per heavy atom. The summed E-state index contributed by atoms with van der Waals surface area (Å²) in [5.74, 6) is 0.540. The van der Waals surface area contributed by atoms with Gasteiger partial charge in [-0.15, -0.1) is 0 Å². The molecule has 0 radical (unpaired) electrons. The second kappa shape index (κ2) is 7.40. The van der Waals surface area contributed by atoms with Gasteiger partial charge in [-0.3, -0.25) is 10.8 Å². The Balaban J connectivity index is 1.84. The molecule has 0 saturated heterocycles. The Morgan fingerprint density at radius 1 is 0.852 bits per heavy atom. The predicted molar refractivity (Wildman–Crippen MR) is 98.3 cm³/mol. The second-order valence-electron chi connectivity index (χ2n) is 5.49. The number of ether oxygens (including phenoxy) is 2. The molecule has 0 aliphatic carbocycles. The molecular formula is C18H16N6O3. The summed E-state index contributed by atoms with van der Waals surface area (Å²) < 4.78 is 11.6. The molecule has 2 aromatic carbocycles. The van der Waals surface area contributed by atoms with Crippen LogP contribution in [0.1, 0.15) is 11.1 Å². The first-order chi connectivity index (χ1) is 12.9. The lowest BCUT2D eigenvalue weighted by Crippen LogP contribution is -2.25. The third-order valence-electron chi connectivity index (χ3n) is 3.43. The van der Waals surface area contributed by atoms with E-state index in [4.69, 9.17) is 31.8 Å². The first-order valence-corrected chi connectivity index (χ1v) is 7.76. The van der Waals surface area contributed by atoms with Gasteiger partial charge in [0.1, 0.15) is 23.2 Å². The molecule has 0 fully saturated rings. The first kappa shape index (κ1) is 17.7. The molecule has 0 aliphatic heterocycles. The zero-order valence-corrected chi connectivity index (χ0v) is 14.0. The zero-order valence-electron chi connectivity index (χ0n) is 14.0. The van der Waals surface area contributed by atoms with Gasteiger partial charge < -0.3 is 26.1 Å². The van der Waals surface area contributed by atoms with Crippen LogP contribution in [0.2, 0.25) is 0 Å². The first-order valence-electron chi connectivity index (χ1n) is 7.76. The molecule has 9 heteroatoms. The topological polar surface area (TPSA) is 158 Å². The number of hydrogen-bond acceptors (Lipinski definition) is 6. The molecule has 0 unspecified atom stereocenters. The Labute approximate surface area is 154 Å². The van der Waals surface area contributed by atoms with Crippen molar-refractivity contribution < 1.29 is 14.2 Å². The molecule has 3 rings (SSSR count). The van der Waals surface area contributed by atoms with Crippen LogP contribution in [0.15, 0.2) is 60.9 Å². The fourth-order valence-electron chi connectivity index (χ4n) is 2.22. The third kappa shape index (κ3) is 4.48. The molecule has 27 heavy (non-hydrogen) atoms. The molecule has 1 heterocycles. The molecule has 0 bridgehead atoms. The Morgan fingerprint density at radius 3 is 1.70 bits per heavy atom. The van der Waals surface area contributed by atoms with Crippen LogP contribution < -0.4 is 25.7 Å². The third-order valence-corrected chi connectivity index (χ3v) is 3.43. The Kier molecular flexibility index (Phi) is 4.84. The molecule has 136 valence electrons. The fourth-order valence-corrected chi connectivity index (χ4v) is 2.22. The zero-order chi connectivity index (χ0) is 19.4. The number of amidine groups is 2. The summed E-state index contributed by atoms with van der Waals surface area (Å²) >= 11 is 0. The summed E-state index contributed by atoms with van der Waals surface area (Å²) in [5, 5.41) is 26.8. The Bertz CT molecular complexity index is 944. The number of nitrogens with two attached hydrogens (primary N) is 2. The molecule has 6 N–H and O–H groups in total. The quantitative estimate of drug-likeness (QED) is 0.226. The molecule has 0 spiro atoms. The number of aromatic nitrogens is 2. The van der Waals surface area contributed by atoms with E-state index in [1.54, 1.807) is 48.5 Å². The standard InChI is InChI=1S/C18H16N6O3/c19-17(20)11-3-1-5-13(7-11)26-15-9-24(25)10-16(23-15)27-14-6-2-4-12(8-14)18(21)22/h1-10H,(H3,19,20)(H3,21,22). The summed E-state index contributed by atoms with van der Waals surface area (Å²) in [6.07, 6.45) is 2.28. The van der Waals surface area contributed by atoms with Crippen LogP contribution in [-0.2, 0) is 0 Å². The van der Waals surface area contributed by atoms with E-state index in [9.17, 15) is 5.21 Å². The minimum atomic E-state index is -0.102. The Hall–Kier alpha value is -4.14.